The van der Waals surface area contributed by atoms with Crippen molar-refractivity contribution in [2.45, 2.75) is 19.4 Å². The number of nitrogens with zero attached hydrogens (tertiary/aromatic N) is 2. The van der Waals surface area contributed by atoms with Crippen molar-refractivity contribution in [2.24, 2.45) is 0 Å². The van der Waals surface area contributed by atoms with E-state index in [1.165, 1.54) is 11.3 Å². The van der Waals surface area contributed by atoms with Gasteiger partial charge in [-0.05, 0) is 30.5 Å². The number of hydrogen-bond donors (Lipinski definition) is 1. The third-order valence-electron chi connectivity index (χ3n) is 3.22. The van der Waals surface area contributed by atoms with Gasteiger partial charge in [-0.1, -0.05) is 11.2 Å². The van der Waals surface area contributed by atoms with Crippen LogP contribution < -0.4 is 10.6 Å². The summed E-state index contributed by atoms with van der Waals surface area (Å²) in [5, 5.41) is 3.73. The third-order valence-corrected chi connectivity index (χ3v) is 3.22. The number of aromatic nitrogens is 1. The van der Waals surface area contributed by atoms with Gasteiger partial charge in [-0.2, -0.15) is 0 Å². The molecular weight excluding hydrogens is 214 g/mol. The van der Waals surface area contributed by atoms with Crippen LogP contribution in [0.4, 0.5) is 11.4 Å². The second-order valence-corrected chi connectivity index (χ2v) is 4.35. The molecule has 0 bridgehead atoms. The molecule has 2 heterocycles. The fraction of sp³-hybridized carbons (Fsp3) is 0.308. The van der Waals surface area contributed by atoms with Gasteiger partial charge in [0.2, 0.25) is 0 Å². The van der Waals surface area contributed by atoms with Crippen LogP contribution in [0.25, 0.3) is 0 Å². The quantitative estimate of drug-likeness (QED) is 0.802. The summed E-state index contributed by atoms with van der Waals surface area (Å²) >= 11 is 0. The highest BCUT2D eigenvalue weighted by atomic mass is 16.5. The van der Waals surface area contributed by atoms with E-state index in [1.54, 1.807) is 6.20 Å². The van der Waals surface area contributed by atoms with E-state index in [-0.39, 0.29) is 0 Å². The van der Waals surface area contributed by atoms with Crippen LogP contribution in [0.15, 0.2) is 35.0 Å². The summed E-state index contributed by atoms with van der Waals surface area (Å²) < 4.78 is 5.16. The predicted octanol–water partition coefficient (Wildman–Crippen LogP) is 2.21. The molecule has 0 aliphatic carbocycles. The average molecular weight is 229 g/mol. The largest absolute Gasteiger partial charge is 0.398 e. The summed E-state index contributed by atoms with van der Waals surface area (Å²) in [5.41, 5.74) is 9.40. The lowest BCUT2D eigenvalue weighted by Gasteiger charge is -2.31. The van der Waals surface area contributed by atoms with E-state index in [0.717, 1.165) is 37.4 Å². The van der Waals surface area contributed by atoms with Gasteiger partial charge in [-0.25, -0.2) is 0 Å². The van der Waals surface area contributed by atoms with Crippen LogP contribution in [0.1, 0.15) is 17.7 Å². The van der Waals surface area contributed by atoms with E-state index < -0.39 is 0 Å². The van der Waals surface area contributed by atoms with Gasteiger partial charge in [-0.3, -0.25) is 0 Å². The Morgan fingerprint density at radius 3 is 3.12 bits per heavy atom. The fourth-order valence-electron chi connectivity index (χ4n) is 2.40. The normalized spacial score (nSPS) is 14.7. The van der Waals surface area contributed by atoms with Crippen molar-refractivity contribution in [2.75, 3.05) is 17.2 Å². The molecule has 1 aliphatic rings. The predicted molar refractivity (Wildman–Crippen MR) is 66.7 cm³/mol. The van der Waals surface area contributed by atoms with Gasteiger partial charge >= 0.3 is 0 Å². The van der Waals surface area contributed by atoms with Crippen LogP contribution in [0, 0.1) is 0 Å². The highest BCUT2D eigenvalue weighted by molar-refractivity contribution is 5.66. The van der Waals surface area contributed by atoms with Crippen LogP contribution in [0.5, 0.6) is 0 Å². The molecule has 2 aromatic rings. The van der Waals surface area contributed by atoms with Gasteiger partial charge in [0, 0.05) is 24.0 Å². The summed E-state index contributed by atoms with van der Waals surface area (Å²) in [4.78, 5) is 2.30. The number of hydrogen-bond acceptors (Lipinski definition) is 4. The summed E-state index contributed by atoms with van der Waals surface area (Å²) in [6, 6.07) is 8.01. The first kappa shape index (κ1) is 10.2. The monoisotopic (exact) mass is 229 g/mol. The second-order valence-electron chi connectivity index (χ2n) is 4.35. The van der Waals surface area contributed by atoms with Crippen LogP contribution in [-0.4, -0.2) is 11.7 Å². The highest BCUT2D eigenvalue weighted by Gasteiger charge is 2.19. The maximum atomic E-state index is 6.01. The van der Waals surface area contributed by atoms with Gasteiger partial charge < -0.3 is 15.2 Å². The Balaban J connectivity index is 1.92. The maximum Gasteiger partial charge on any atom is 0.155 e. The number of nitrogen functional groups attached to an aromatic ring is 1. The number of nitrogens with two attached hydrogens (primary N) is 1. The molecule has 17 heavy (non-hydrogen) atoms. The van der Waals surface area contributed by atoms with E-state index >= 15 is 0 Å². The molecular formula is C13H15N3O. The minimum absolute atomic E-state index is 0.760. The molecule has 0 spiro atoms. The van der Waals surface area contributed by atoms with Gasteiger partial charge in [0.25, 0.3) is 0 Å². The standard InChI is InChI=1S/C13H15N3O/c14-12-4-1-5-13-11(12)3-2-8-16(13)9-10-6-7-15-17-10/h1,4-7H,2-3,8-9,14H2. The Hall–Kier alpha value is -1.97. The molecule has 0 unspecified atom stereocenters. The lowest BCUT2D eigenvalue weighted by molar-refractivity contribution is 0.380. The lowest BCUT2D eigenvalue weighted by atomic mass is 10.00. The zero-order chi connectivity index (χ0) is 11.7. The molecule has 88 valence electrons. The molecule has 2 N–H and O–H groups in total. The molecule has 1 aromatic carbocycles. The molecule has 1 aliphatic heterocycles. The van der Waals surface area contributed by atoms with Crippen LogP contribution in [0.3, 0.4) is 0 Å². The molecule has 0 amide bonds. The van der Waals surface area contributed by atoms with E-state index in [9.17, 15) is 0 Å². The molecule has 0 atom stereocenters. The Kier molecular flexibility index (Phi) is 2.48. The third kappa shape index (κ3) is 1.86. The van der Waals surface area contributed by atoms with E-state index in [4.69, 9.17) is 10.3 Å². The van der Waals surface area contributed by atoms with Crippen LogP contribution in [-0.2, 0) is 13.0 Å². The summed E-state index contributed by atoms with van der Waals surface area (Å²) in [7, 11) is 0. The molecule has 4 nitrogen and oxygen atoms in total. The Morgan fingerprint density at radius 1 is 1.35 bits per heavy atom. The summed E-state index contributed by atoms with van der Waals surface area (Å²) in [5.74, 6) is 0.889. The number of rotatable bonds is 2. The van der Waals surface area contributed by atoms with E-state index in [1.807, 2.05) is 18.2 Å². The van der Waals surface area contributed by atoms with E-state index in [0.29, 0.717) is 0 Å². The second kappa shape index (κ2) is 4.13. The van der Waals surface area contributed by atoms with Gasteiger partial charge in [0.05, 0.1) is 12.7 Å². The van der Waals surface area contributed by atoms with Gasteiger partial charge in [-0.15, -0.1) is 0 Å². The summed E-state index contributed by atoms with van der Waals surface area (Å²) in [6.07, 6.45) is 3.88. The molecule has 3 rings (SSSR count). The highest BCUT2D eigenvalue weighted by Crippen LogP contribution is 2.32. The fourth-order valence-corrected chi connectivity index (χ4v) is 2.40. The summed E-state index contributed by atoms with van der Waals surface area (Å²) in [6.45, 7) is 1.80. The minimum atomic E-state index is 0.760. The van der Waals surface area contributed by atoms with Gasteiger partial charge in [0.15, 0.2) is 5.76 Å². The first-order chi connectivity index (χ1) is 8.34. The molecule has 0 radical (unpaired) electrons. The minimum Gasteiger partial charge on any atom is -0.398 e. The molecule has 1 aromatic heterocycles. The van der Waals surface area contributed by atoms with Crippen LogP contribution >= 0.6 is 0 Å². The lowest BCUT2D eigenvalue weighted by Crippen LogP contribution is -2.29. The topological polar surface area (TPSA) is 55.3 Å². The van der Waals surface area contributed by atoms with Gasteiger partial charge in [0.1, 0.15) is 0 Å². The van der Waals surface area contributed by atoms with Crippen molar-refractivity contribution < 1.29 is 4.52 Å². The zero-order valence-corrected chi connectivity index (χ0v) is 9.60. The van der Waals surface area contributed by atoms with Crippen molar-refractivity contribution in [1.82, 2.24) is 5.16 Å². The number of fused-ring (bicyclic) bond motifs is 1. The Bertz CT molecular complexity index is 507. The van der Waals surface area contributed by atoms with Crippen molar-refractivity contribution in [3.8, 4) is 0 Å². The SMILES string of the molecule is Nc1cccc2c1CCCN2Cc1ccno1. The van der Waals surface area contributed by atoms with Crippen molar-refractivity contribution in [3.63, 3.8) is 0 Å². The van der Waals surface area contributed by atoms with Crippen LogP contribution in [0.2, 0.25) is 0 Å². The zero-order valence-electron chi connectivity index (χ0n) is 9.60. The molecule has 0 saturated heterocycles. The Morgan fingerprint density at radius 2 is 2.29 bits per heavy atom. The molecule has 0 fully saturated rings. The number of anilines is 2. The number of benzene rings is 1. The average Bonchev–Trinajstić information content (AvgIpc) is 2.83. The van der Waals surface area contributed by atoms with Crippen molar-refractivity contribution in [3.05, 3.63) is 41.8 Å². The maximum absolute atomic E-state index is 6.01. The smallest absolute Gasteiger partial charge is 0.155 e. The Labute approximate surface area is 100 Å². The molecule has 0 saturated carbocycles. The van der Waals surface area contributed by atoms with E-state index in [2.05, 4.69) is 16.1 Å². The first-order valence-corrected chi connectivity index (χ1v) is 5.86. The first-order valence-electron chi connectivity index (χ1n) is 5.86. The molecule has 4 heteroatoms. The van der Waals surface area contributed by atoms with Crippen molar-refractivity contribution >= 4 is 11.4 Å². The van der Waals surface area contributed by atoms with Crippen molar-refractivity contribution in [1.29, 1.82) is 0 Å².